The van der Waals surface area contributed by atoms with Crippen molar-refractivity contribution in [3.05, 3.63) is 86.7 Å². The Bertz CT molecular complexity index is 1030. The van der Waals surface area contributed by atoms with Crippen molar-refractivity contribution in [3.8, 4) is 0 Å². The number of halogens is 2. The number of anilines is 1. The van der Waals surface area contributed by atoms with E-state index < -0.39 is 11.9 Å². The molecule has 0 unspecified atom stereocenters. The molecule has 5 nitrogen and oxygen atoms in total. The minimum absolute atomic E-state index is 0.135. The quantitative estimate of drug-likeness (QED) is 0.461. The van der Waals surface area contributed by atoms with Crippen molar-refractivity contribution in [2.24, 2.45) is 0 Å². The van der Waals surface area contributed by atoms with Crippen LogP contribution in [0.15, 0.2) is 63.7 Å². The highest BCUT2D eigenvalue weighted by Crippen LogP contribution is 2.30. The van der Waals surface area contributed by atoms with E-state index in [0.29, 0.717) is 15.4 Å². The van der Waals surface area contributed by atoms with Crippen molar-refractivity contribution < 1.29 is 18.7 Å². The van der Waals surface area contributed by atoms with E-state index in [1.54, 1.807) is 30.3 Å². The summed E-state index contributed by atoms with van der Waals surface area (Å²) in [5, 5.41) is 0.394. The largest absolute Gasteiger partial charge is 0.465 e. The third kappa shape index (κ3) is 4.29. The molecule has 0 radical (unpaired) electrons. The lowest BCUT2D eigenvalue weighted by Gasteiger charge is -2.25. The van der Waals surface area contributed by atoms with Gasteiger partial charge < -0.3 is 14.1 Å². The van der Waals surface area contributed by atoms with Crippen LogP contribution in [0, 0.1) is 6.92 Å². The third-order valence-electron chi connectivity index (χ3n) is 4.27. The summed E-state index contributed by atoms with van der Waals surface area (Å²) in [5.74, 6) is -0.826. The number of carbonyl (C=O) groups excluding carboxylic acids is 2. The third-order valence-corrected chi connectivity index (χ3v) is 4.94. The molecule has 3 aromatic rings. The van der Waals surface area contributed by atoms with Gasteiger partial charge >= 0.3 is 5.97 Å². The average Bonchev–Trinajstić information content (AvgIpc) is 3.12. The van der Waals surface area contributed by atoms with Crippen LogP contribution in [0.1, 0.15) is 32.0 Å². The van der Waals surface area contributed by atoms with Gasteiger partial charge in [0.2, 0.25) is 0 Å². The van der Waals surface area contributed by atoms with E-state index in [1.165, 1.54) is 12.0 Å². The van der Waals surface area contributed by atoms with Gasteiger partial charge in [-0.2, -0.15) is 0 Å². The van der Waals surface area contributed by atoms with Gasteiger partial charge in [-0.3, -0.25) is 4.79 Å². The van der Waals surface area contributed by atoms with E-state index >= 15 is 0 Å². The van der Waals surface area contributed by atoms with E-state index in [2.05, 4.69) is 15.9 Å². The van der Waals surface area contributed by atoms with Crippen molar-refractivity contribution in [1.29, 1.82) is 0 Å². The summed E-state index contributed by atoms with van der Waals surface area (Å²) in [4.78, 5) is 27.0. The Kier molecular flexibility index (Phi) is 6.21. The van der Waals surface area contributed by atoms with E-state index in [-0.39, 0.29) is 17.9 Å². The number of methoxy groups -OCH3 is 1. The van der Waals surface area contributed by atoms with Crippen LogP contribution < -0.4 is 4.90 Å². The number of nitrogens with zero attached hydrogens (tertiary/aromatic N) is 1. The molecule has 2 aromatic carbocycles. The van der Waals surface area contributed by atoms with Crippen LogP contribution in [0.4, 0.5) is 5.69 Å². The highest BCUT2D eigenvalue weighted by molar-refractivity contribution is 9.10. The van der Waals surface area contributed by atoms with Crippen molar-refractivity contribution in [2.45, 2.75) is 13.5 Å². The van der Waals surface area contributed by atoms with Gasteiger partial charge in [0.05, 0.1) is 24.9 Å². The van der Waals surface area contributed by atoms with Gasteiger partial charge in [0.1, 0.15) is 0 Å². The van der Waals surface area contributed by atoms with Gasteiger partial charge in [-0.1, -0.05) is 35.9 Å². The second kappa shape index (κ2) is 8.63. The molecule has 0 fully saturated rings. The molecular formula is C21H17BrClNO4. The van der Waals surface area contributed by atoms with Crippen LogP contribution >= 0.6 is 27.5 Å². The maximum Gasteiger partial charge on any atom is 0.339 e. The molecule has 0 bridgehead atoms. The van der Waals surface area contributed by atoms with Crippen LogP contribution in [0.3, 0.4) is 0 Å². The monoisotopic (exact) mass is 461 g/mol. The van der Waals surface area contributed by atoms with Crippen molar-refractivity contribution >= 4 is 45.1 Å². The Morgan fingerprint density at radius 1 is 1.14 bits per heavy atom. The topological polar surface area (TPSA) is 59.8 Å². The zero-order chi connectivity index (χ0) is 20.3. The van der Waals surface area contributed by atoms with Crippen LogP contribution in [0.2, 0.25) is 5.02 Å². The molecule has 7 heteroatoms. The summed E-state index contributed by atoms with van der Waals surface area (Å²) >= 11 is 9.39. The van der Waals surface area contributed by atoms with Crippen molar-refractivity contribution in [3.63, 3.8) is 0 Å². The van der Waals surface area contributed by atoms with Crippen molar-refractivity contribution in [1.82, 2.24) is 0 Å². The Morgan fingerprint density at radius 3 is 2.54 bits per heavy atom. The van der Waals surface area contributed by atoms with E-state index in [4.69, 9.17) is 20.8 Å². The first-order valence-electron chi connectivity index (χ1n) is 8.40. The zero-order valence-corrected chi connectivity index (χ0v) is 17.6. The molecule has 0 aliphatic rings. The number of amides is 1. The Hall–Kier alpha value is -2.57. The van der Waals surface area contributed by atoms with Crippen LogP contribution in [0.5, 0.6) is 0 Å². The molecule has 28 heavy (non-hydrogen) atoms. The molecule has 0 aliphatic heterocycles. The minimum Gasteiger partial charge on any atom is -0.465 e. The highest BCUT2D eigenvalue weighted by atomic mass is 79.9. The molecule has 144 valence electrons. The Labute approximate surface area is 176 Å². The van der Waals surface area contributed by atoms with Crippen LogP contribution in [-0.4, -0.2) is 19.0 Å². The van der Waals surface area contributed by atoms with Gasteiger partial charge in [0, 0.05) is 5.02 Å². The second-order valence-corrected chi connectivity index (χ2v) is 7.29. The number of ether oxygens (including phenoxy) is 1. The Balaban J connectivity index is 2.14. The lowest BCUT2D eigenvalue weighted by molar-refractivity contribution is 0.0601. The molecular weight excluding hydrogens is 446 g/mol. The SMILES string of the molecule is COC(=O)c1ccc(Cl)cc1N(Cc1ccccc1C)C(=O)c1ccc(Br)o1. The molecule has 1 amide bonds. The number of rotatable bonds is 5. The first kappa shape index (κ1) is 20.2. The van der Waals surface area contributed by atoms with Gasteiger partial charge in [0.25, 0.3) is 5.91 Å². The molecule has 0 saturated carbocycles. The van der Waals surface area contributed by atoms with Crippen molar-refractivity contribution in [2.75, 3.05) is 12.0 Å². The second-order valence-electron chi connectivity index (χ2n) is 6.07. The first-order chi connectivity index (χ1) is 13.4. The van der Waals surface area contributed by atoms with Crippen LogP contribution in [-0.2, 0) is 11.3 Å². The molecule has 0 N–H and O–H groups in total. The fourth-order valence-electron chi connectivity index (χ4n) is 2.80. The average molecular weight is 463 g/mol. The zero-order valence-electron chi connectivity index (χ0n) is 15.2. The number of esters is 1. The highest BCUT2D eigenvalue weighted by Gasteiger charge is 2.26. The van der Waals surface area contributed by atoms with E-state index in [9.17, 15) is 9.59 Å². The molecule has 0 spiro atoms. The summed E-state index contributed by atoms with van der Waals surface area (Å²) < 4.78 is 10.8. The van der Waals surface area contributed by atoms with Gasteiger partial charge in [-0.15, -0.1) is 0 Å². The number of carbonyl (C=O) groups is 2. The predicted molar refractivity (Wildman–Crippen MR) is 111 cm³/mol. The molecule has 3 rings (SSSR count). The smallest absolute Gasteiger partial charge is 0.339 e. The Morgan fingerprint density at radius 2 is 1.89 bits per heavy atom. The normalized spacial score (nSPS) is 10.6. The fraction of sp³-hybridized carbons (Fsp3) is 0.143. The number of hydrogen-bond donors (Lipinski definition) is 0. The summed E-state index contributed by atoms with van der Waals surface area (Å²) in [5.41, 5.74) is 2.53. The molecule has 0 aliphatic carbocycles. The minimum atomic E-state index is -0.560. The van der Waals surface area contributed by atoms with Gasteiger partial charge in [-0.25, -0.2) is 4.79 Å². The summed E-state index contributed by atoms with van der Waals surface area (Å²) in [6, 6.07) is 15.6. The molecule has 1 aromatic heterocycles. The predicted octanol–water partition coefficient (Wildman–Crippen LogP) is 5.64. The standard InChI is InChI=1S/C21H17BrClNO4/c1-13-5-3-4-6-14(13)12-24(20(25)18-9-10-19(22)28-18)17-11-15(23)7-8-16(17)21(26)27-2/h3-11H,12H2,1-2H3. The number of hydrogen-bond acceptors (Lipinski definition) is 4. The van der Waals surface area contributed by atoms with E-state index in [0.717, 1.165) is 11.1 Å². The van der Waals surface area contributed by atoms with E-state index in [1.807, 2.05) is 31.2 Å². The summed E-state index contributed by atoms with van der Waals surface area (Å²) in [6.45, 7) is 2.19. The summed E-state index contributed by atoms with van der Waals surface area (Å²) in [6.07, 6.45) is 0. The first-order valence-corrected chi connectivity index (χ1v) is 9.57. The number of furan rings is 1. The molecule has 1 heterocycles. The summed E-state index contributed by atoms with van der Waals surface area (Å²) in [7, 11) is 1.29. The molecule has 0 saturated heterocycles. The van der Waals surface area contributed by atoms with Gasteiger partial charge in [-0.05, 0) is 64.3 Å². The maximum absolute atomic E-state index is 13.3. The maximum atomic E-state index is 13.3. The number of aryl methyl sites for hydroxylation is 1. The van der Waals surface area contributed by atoms with Crippen LogP contribution in [0.25, 0.3) is 0 Å². The molecule has 0 atom stereocenters. The van der Waals surface area contributed by atoms with Gasteiger partial charge in [0.15, 0.2) is 10.4 Å². The fourth-order valence-corrected chi connectivity index (χ4v) is 3.27. The lowest BCUT2D eigenvalue weighted by atomic mass is 10.1. The lowest BCUT2D eigenvalue weighted by Crippen LogP contribution is -2.32. The number of benzene rings is 2.